The number of nitrogens with zero attached hydrogens (tertiary/aromatic N) is 1. The van der Waals surface area contributed by atoms with Gasteiger partial charge in [-0.1, -0.05) is 6.07 Å². The predicted octanol–water partition coefficient (Wildman–Crippen LogP) is 1.50. The molecule has 17 heavy (non-hydrogen) atoms. The minimum Gasteiger partial charge on any atom is -0.493 e. The average Bonchev–Trinajstić information content (AvgIpc) is 2.78. The SMILES string of the molecule is CN1CCc2cc3c(cc2C1CCN)OCC3. The summed E-state index contributed by atoms with van der Waals surface area (Å²) in [5.41, 5.74) is 10.1. The molecule has 0 fully saturated rings. The lowest BCUT2D eigenvalue weighted by Crippen LogP contribution is -2.33. The molecule has 3 rings (SSSR count). The normalized spacial score (nSPS) is 23.1. The van der Waals surface area contributed by atoms with Gasteiger partial charge in [0.1, 0.15) is 5.75 Å². The molecule has 3 heteroatoms. The molecular weight excluding hydrogens is 212 g/mol. The first kappa shape index (κ1) is 11.1. The molecule has 1 atom stereocenters. The summed E-state index contributed by atoms with van der Waals surface area (Å²) in [6.07, 6.45) is 3.25. The minimum absolute atomic E-state index is 0.471. The van der Waals surface area contributed by atoms with Gasteiger partial charge in [-0.3, -0.25) is 4.90 Å². The number of likely N-dealkylation sites (N-methyl/N-ethyl adjacent to an activating group) is 1. The molecule has 2 heterocycles. The molecule has 0 radical (unpaired) electrons. The van der Waals surface area contributed by atoms with Crippen molar-refractivity contribution in [2.45, 2.75) is 25.3 Å². The Balaban J connectivity index is 2.02. The second-order valence-electron chi connectivity index (χ2n) is 5.08. The van der Waals surface area contributed by atoms with Crippen molar-refractivity contribution in [3.63, 3.8) is 0 Å². The van der Waals surface area contributed by atoms with Gasteiger partial charge >= 0.3 is 0 Å². The highest BCUT2D eigenvalue weighted by Gasteiger charge is 2.26. The van der Waals surface area contributed by atoms with E-state index in [2.05, 4.69) is 24.1 Å². The van der Waals surface area contributed by atoms with Crippen LogP contribution in [-0.2, 0) is 12.8 Å². The summed E-state index contributed by atoms with van der Waals surface area (Å²) in [6.45, 7) is 2.72. The zero-order valence-corrected chi connectivity index (χ0v) is 10.4. The molecule has 2 aliphatic heterocycles. The van der Waals surface area contributed by atoms with E-state index in [9.17, 15) is 0 Å². The smallest absolute Gasteiger partial charge is 0.122 e. The molecule has 0 amide bonds. The summed E-state index contributed by atoms with van der Waals surface area (Å²) in [6, 6.07) is 5.08. The maximum absolute atomic E-state index is 5.73. The Morgan fingerprint density at radius 2 is 2.24 bits per heavy atom. The molecule has 1 unspecified atom stereocenters. The summed E-state index contributed by atoms with van der Waals surface area (Å²) in [5.74, 6) is 1.10. The van der Waals surface area contributed by atoms with Gasteiger partial charge in [0.25, 0.3) is 0 Å². The van der Waals surface area contributed by atoms with Crippen LogP contribution in [0.2, 0.25) is 0 Å². The third-order valence-corrected chi connectivity index (χ3v) is 4.02. The van der Waals surface area contributed by atoms with Gasteiger partial charge in [0.15, 0.2) is 0 Å². The number of fused-ring (bicyclic) bond motifs is 2. The monoisotopic (exact) mass is 232 g/mol. The van der Waals surface area contributed by atoms with E-state index < -0.39 is 0 Å². The predicted molar refractivity (Wildman–Crippen MR) is 68.4 cm³/mol. The third-order valence-electron chi connectivity index (χ3n) is 4.02. The zero-order chi connectivity index (χ0) is 11.8. The largest absolute Gasteiger partial charge is 0.493 e. The fourth-order valence-electron chi connectivity index (χ4n) is 3.04. The van der Waals surface area contributed by atoms with E-state index in [0.717, 1.165) is 44.7 Å². The maximum atomic E-state index is 5.73. The molecule has 0 aliphatic carbocycles. The van der Waals surface area contributed by atoms with Crippen molar-refractivity contribution in [2.75, 3.05) is 26.7 Å². The lowest BCUT2D eigenvalue weighted by molar-refractivity contribution is 0.221. The van der Waals surface area contributed by atoms with E-state index in [-0.39, 0.29) is 0 Å². The highest BCUT2D eigenvalue weighted by Crippen LogP contribution is 2.37. The molecule has 1 aromatic carbocycles. The van der Waals surface area contributed by atoms with Gasteiger partial charge in [-0.05, 0) is 49.2 Å². The lowest BCUT2D eigenvalue weighted by Gasteiger charge is -2.34. The van der Waals surface area contributed by atoms with E-state index in [4.69, 9.17) is 10.5 Å². The van der Waals surface area contributed by atoms with E-state index in [0.29, 0.717) is 6.04 Å². The molecule has 0 saturated carbocycles. The average molecular weight is 232 g/mol. The number of benzene rings is 1. The molecular formula is C14H20N2O. The van der Waals surface area contributed by atoms with E-state index in [1.807, 2.05) is 0 Å². The molecule has 0 saturated heterocycles. The standard InChI is InChI=1S/C14H20N2O/c1-16-6-3-10-8-11-4-7-17-14(11)9-12(10)13(16)2-5-15/h8-9,13H,2-7,15H2,1H3. The van der Waals surface area contributed by atoms with Crippen LogP contribution >= 0.6 is 0 Å². The Morgan fingerprint density at radius 1 is 1.35 bits per heavy atom. The van der Waals surface area contributed by atoms with Crippen molar-refractivity contribution in [3.05, 3.63) is 28.8 Å². The first-order valence-electron chi connectivity index (χ1n) is 6.48. The van der Waals surface area contributed by atoms with Crippen molar-refractivity contribution in [1.82, 2.24) is 4.90 Å². The van der Waals surface area contributed by atoms with Crippen LogP contribution in [0.15, 0.2) is 12.1 Å². The Labute approximate surface area is 103 Å². The van der Waals surface area contributed by atoms with Gasteiger partial charge in [0, 0.05) is 19.0 Å². The Bertz CT molecular complexity index is 430. The summed E-state index contributed by atoms with van der Waals surface area (Å²) in [5, 5.41) is 0. The molecule has 0 bridgehead atoms. The van der Waals surface area contributed by atoms with E-state index >= 15 is 0 Å². The summed E-state index contributed by atoms with van der Waals surface area (Å²) in [7, 11) is 2.19. The second-order valence-corrected chi connectivity index (χ2v) is 5.08. The van der Waals surface area contributed by atoms with Crippen molar-refractivity contribution < 1.29 is 4.74 Å². The van der Waals surface area contributed by atoms with Crippen LogP contribution < -0.4 is 10.5 Å². The molecule has 1 aromatic rings. The molecule has 2 N–H and O–H groups in total. The van der Waals surface area contributed by atoms with Crippen molar-refractivity contribution >= 4 is 0 Å². The number of nitrogens with two attached hydrogens (primary N) is 1. The summed E-state index contributed by atoms with van der Waals surface area (Å²) < 4.78 is 5.68. The van der Waals surface area contributed by atoms with Crippen LogP contribution in [0.5, 0.6) is 5.75 Å². The minimum atomic E-state index is 0.471. The number of rotatable bonds is 2. The topological polar surface area (TPSA) is 38.5 Å². The van der Waals surface area contributed by atoms with Crippen LogP contribution in [-0.4, -0.2) is 31.6 Å². The van der Waals surface area contributed by atoms with Crippen molar-refractivity contribution in [3.8, 4) is 5.75 Å². The van der Waals surface area contributed by atoms with E-state index in [1.54, 1.807) is 0 Å². The maximum Gasteiger partial charge on any atom is 0.122 e. The first-order valence-corrected chi connectivity index (χ1v) is 6.48. The highest BCUT2D eigenvalue weighted by molar-refractivity contribution is 5.47. The molecule has 0 spiro atoms. The van der Waals surface area contributed by atoms with Gasteiger partial charge < -0.3 is 10.5 Å². The van der Waals surface area contributed by atoms with Gasteiger partial charge in [0.2, 0.25) is 0 Å². The highest BCUT2D eigenvalue weighted by atomic mass is 16.5. The number of hydrogen-bond acceptors (Lipinski definition) is 3. The Morgan fingerprint density at radius 3 is 3.06 bits per heavy atom. The number of ether oxygens (including phenoxy) is 1. The quantitative estimate of drug-likeness (QED) is 0.840. The summed E-state index contributed by atoms with van der Waals surface area (Å²) in [4.78, 5) is 2.41. The van der Waals surface area contributed by atoms with Gasteiger partial charge in [-0.25, -0.2) is 0 Å². The van der Waals surface area contributed by atoms with Gasteiger partial charge in [0.05, 0.1) is 6.61 Å². The second kappa shape index (κ2) is 4.31. The van der Waals surface area contributed by atoms with Crippen LogP contribution in [0.25, 0.3) is 0 Å². The van der Waals surface area contributed by atoms with E-state index in [1.165, 1.54) is 16.7 Å². The summed E-state index contributed by atoms with van der Waals surface area (Å²) >= 11 is 0. The fraction of sp³-hybridized carbons (Fsp3) is 0.571. The van der Waals surface area contributed by atoms with Crippen molar-refractivity contribution in [1.29, 1.82) is 0 Å². The van der Waals surface area contributed by atoms with Crippen LogP contribution in [0.4, 0.5) is 0 Å². The molecule has 3 nitrogen and oxygen atoms in total. The third kappa shape index (κ3) is 1.83. The fourth-order valence-corrected chi connectivity index (χ4v) is 3.04. The molecule has 92 valence electrons. The van der Waals surface area contributed by atoms with Crippen molar-refractivity contribution in [2.24, 2.45) is 5.73 Å². The van der Waals surface area contributed by atoms with Crippen LogP contribution in [0.1, 0.15) is 29.2 Å². The molecule has 0 aromatic heterocycles. The van der Waals surface area contributed by atoms with Gasteiger partial charge in [-0.2, -0.15) is 0 Å². The van der Waals surface area contributed by atoms with Gasteiger partial charge in [-0.15, -0.1) is 0 Å². The Kier molecular flexibility index (Phi) is 2.81. The molecule has 2 aliphatic rings. The Hall–Kier alpha value is -1.06. The number of hydrogen-bond donors (Lipinski definition) is 1. The zero-order valence-electron chi connectivity index (χ0n) is 10.4. The lowest BCUT2D eigenvalue weighted by atomic mass is 9.89. The van der Waals surface area contributed by atoms with Crippen LogP contribution in [0, 0.1) is 0 Å². The first-order chi connectivity index (χ1) is 8.29. The van der Waals surface area contributed by atoms with Crippen LogP contribution in [0.3, 0.4) is 0 Å².